The van der Waals surface area contributed by atoms with Crippen LogP contribution < -0.4 is 5.32 Å². The summed E-state index contributed by atoms with van der Waals surface area (Å²) in [4.78, 5) is 0. The van der Waals surface area contributed by atoms with Gasteiger partial charge in [-0.25, -0.2) is 0 Å². The molecule has 0 unspecified atom stereocenters. The number of nitrogens with zero attached hydrogens (tertiary/aromatic N) is 2. The van der Waals surface area contributed by atoms with Gasteiger partial charge < -0.3 is 5.32 Å². The second-order valence-electron chi connectivity index (χ2n) is 4.72. The topological polar surface area (TPSA) is 29.9 Å². The van der Waals surface area contributed by atoms with Crippen molar-refractivity contribution >= 4 is 11.6 Å². The molecule has 1 aromatic heterocycles. The third-order valence-electron chi connectivity index (χ3n) is 2.76. The molecule has 0 amide bonds. The summed E-state index contributed by atoms with van der Waals surface area (Å²) in [5.74, 6) is 0. The fraction of sp³-hybridized carbons (Fsp3) is 0.357. The molecular formula is C14H18ClN3. The van der Waals surface area contributed by atoms with Crippen molar-refractivity contribution < 1.29 is 0 Å². The van der Waals surface area contributed by atoms with Crippen LogP contribution in [-0.4, -0.2) is 15.8 Å². The van der Waals surface area contributed by atoms with Crippen molar-refractivity contribution in [3.63, 3.8) is 0 Å². The summed E-state index contributed by atoms with van der Waals surface area (Å²) in [7, 11) is 1.92. The van der Waals surface area contributed by atoms with Crippen LogP contribution in [0.1, 0.15) is 19.4 Å². The summed E-state index contributed by atoms with van der Waals surface area (Å²) in [6.45, 7) is 5.02. The Hall–Kier alpha value is -1.32. The molecule has 96 valence electrons. The SMILES string of the molecule is CC(C)NCc1cc(-c2ccn(C)n2)ccc1Cl. The van der Waals surface area contributed by atoms with Crippen LogP contribution in [0.2, 0.25) is 5.02 Å². The van der Waals surface area contributed by atoms with Crippen LogP contribution in [0.4, 0.5) is 0 Å². The van der Waals surface area contributed by atoms with Gasteiger partial charge in [0.1, 0.15) is 0 Å². The molecule has 0 aliphatic heterocycles. The van der Waals surface area contributed by atoms with E-state index in [0.717, 1.165) is 28.4 Å². The Bertz CT molecular complexity index is 532. The molecule has 0 saturated heterocycles. The van der Waals surface area contributed by atoms with Crippen LogP contribution in [0, 0.1) is 0 Å². The molecule has 0 bridgehead atoms. The van der Waals surface area contributed by atoms with Crippen LogP contribution >= 0.6 is 11.6 Å². The standard InChI is InChI=1S/C14H18ClN3/c1-10(2)16-9-12-8-11(4-5-13(12)15)14-6-7-18(3)17-14/h4-8,10,16H,9H2,1-3H3. The fourth-order valence-electron chi connectivity index (χ4n) is 1.75. The highest BCUT2D eigenvalue weighted by atomic mass is 35.5. The number of rotatable bonds is 4. The van der Waals surface area contributed by atoms with Crippen molar-refractivity contribution in [2.75, 3.05) is 0 Å². The zero-order valence-corrected chi connectivity index (χ0v) is 11.7. The minimum atomic E-state index is 0.444. The molecule has 1 N–H and O–H groups in total. The summed E-state index contributed by atoms with van der Waals surface area (Å²) >= 11 is 6.21. The third kappa shape index (κ3) is 3.12. The predicted molar refractivity (Wildman–Crippen MR) is 75.6 cm³/mol. The number of halogens is 1. The van der Waals surface area contributed by atoms with E-state index in [1.165, 1.54) is 0 Å². The zero-order chi connectivity index (χ0) is 13.1. The molecule has 0 aliphatic carbocycles. The van der Waals surface area contributed by atoms with Gasteiger partial charge in [-0.1, -0.05) is 31.5 Å². The van der Waals surface area contributed by atoms with Crippen molar-refractivity contribution in [2.24, 2.45) is 7.05 Å². The van der Waals surface area contributed by atoms with Gasteiger partial charge in [0.2, 0.25) is 0 Å². The molecule has 3 nitrogen and oxygen atoms in total. The first-order valence-corrected chi connectivity index (χ1v) is 6.46. The molecule has 2 rings (SSSR count). The van der Waals surface area contributed by atoms with E-state index in [1.54, 1.807) is 4.68 Å². The lowest BCUT2D eigenvalue weighted by Crippen LogP contribution is -2.21. The Kier molecular flexibility index (Phi) is 4.04. The molecule has 4 heteroatoms. The Balaban J connectivity index is 2.25. The Labute approximate surface area is 113 Å². The molecule has 2 aromatic rings. The van der Waals surface area contributed by atoms with E-state index < -0.39 is 0 Å². The van der Waals surface area contributed by atoms with Gasteiger partial charge in [0.05, 0.1) is 5.69 Å². The molecule has 0 spiro atoms. The lowest BCUT2D eigenvalue weighted by atomic mass is 10.1. The maximum atomic E-state index is 6.21. The van der Waals surface area contributed by atoms with Crippen molar-refractivity contribution in [1.29, 1.82) is 0 Å². The van der Waals surface area contributed by atoms with Gasteiger partial charge in [0, 0.05) is 36.4 Å². The Morgan fingerprint density at radius 3 is 2.72 bits per heavy atom. The number of benzene rings is 1. The lowest BCUT2D eigenvalue weighted by Gasteiger charge is -2.10. The number of nitrogens with one attached hydrogen (secondary N) is 1. The van der Waals surface area contributed by atoms with Crippen molar-refractivity contribution in [1.82, 2.24) is 15.1 Å². The van der Waals surface area contributed by atoms with Gasteiger partial charge in [-0.2, -0.15) is 5.10 Å². The van der Waals surface area contributed by atoms with E-state index >= 15 is 0 Å². The van der Waals surface area contributed by atoms with E-state index in [0.29, 0.717) is 6.04 Å². The number of hydrogen-bond acceptors (Lipinski definition) is 2. The van der Waals surface area contributed by atoms with Crippen LogP contribution in [0.25, 0.3) is 11.3 Å². The number of aromatic nitrogens is 2. The van der Waals surface area contributed by atoms with E-state index in [-0.39, 0.29) is 0 Å². The van der Waals surface area contributed by atoms with Gasteiger partial charge in [-0.3, -0.25) is 4.68 Å². The highest BCUT2D eigenvalue weighted by Gasteiger charge is 2.06. The maximum Gasteiger partial charge on any atom is 0.0923 e. The molecule has 0 radical (unpaired) electrons. The van der Waals surface area contributed by atoms with Gasteiger partial charge >= 0.3 is 0 Å². The predicted octanol–water partition coefficient (Wildman–Crippen LogP) is 3.24. The second kappa shape index (κ2) is 5.55. The minimum Gasteiger partial charge on any atom is -0.310 e. The molecule has 0 aliphatic rings. The van der Waals surface area contributed by atoms with Gasteiger partial charge in [0.25, 0.3) is 0 Å². The maximum absolute atomic E-state index is 6.21. The summed E-state index contributed by atoms with van der Waals surface area (Å²) < 4.78 is 1.80. The van der Waals surface area contributed by atoms with Crippen LogP contribution in [0.5, 0.6) is 0 Å². The first-order valence-electron chi connectivity index (χ1n) is 6.08. The second-order valence-corrected chi connectivity index (χ2v) is 5.12. The van der Waals surface area contributed by atoms with E-state index in [4.69, 9.17) is 11.6 Å². The van der Waals surface area contributed by atoms with Crippen molar-refractivity contribution in [2.45, 2.75) is 26.4 Å². The summed E-state index contributed by atoms with van der Waals surface area (Å²) in [6, 6.07) is 8.48. The number of aryl methyl sites for hydroxylation is 1. The van der Waals surface area contributed by atoms with Crippen LogP contribution in [0.3, 0.4) is 0 Å². The first-order chi connectivity index (χ1) is 8.56. The van der Waals surface area contributed by atoms with Crippen molar-refractivity contribution in [3.05, 3.63) is 41.0 Å². The smallest absolute Gasteiger partial charge is 0.0923 e. The average molecular weight is 264 g/mol. The molecule has 18 heavy (non-hydrogen) atoms. The van der Waals surface area contributed by atoms with Crippen LogP contribution in [-0.2, 0) is 13.6 Å². The molecule has 0 saturated carbocycles. The van der Waals surface area contributed by atoms with E-state index in [9.17, 15) is 0 Å². The Morgan fingerprint density at radius 2 is 2.11 bits per heavy atom. The van der Waals surface area contributed by atoms with E-state index in [2.05, 4.69) is 30.3 Å². The molecule has 0 atom stereocenters. The number of hydrogen-bond donors (Lipinski definition) is 1. The quantitative estimate of drug-likeness (QED) is 0.918. The largest absolute Gasteiger partial charge is 0.310 e. The van der Waals surface area contributed by atoms with Crippen molar-refractivity contribution in [3.8, 4) is 11.3 Å². The lowest BCUT2D eigenvalue weighted by molar-refractivity contribution is 0.589. The fourth-order valence-corrected chi connectivity index (χ4v) is 1.94. The van der Waals surface area contributed by atoms with Crippen LogP contribution in [0.15, 0.2) is 30.5 Å². The summed E-state index contributed by atoms with van der Waals surface area (Å²) in [6.07, 6.45) is 1.94. The summed E-state index contributed by atoms with van der Waals surface area (Å²) in [5.41, 5.74) is 3.18. The van der Waals surface area contributed by atoms with Gasteiger partial charge in [-0.15, -0.1) is 0 Å². The monoisotopic (exact) mass is 263 g/mol. The highest BCUT2D eigenvalue weighted by molar-refractivity contribution is 6.31. The normalized spacial score (nSPS) is 11.2. The molecule has 1 heterocycles. The minimum absolute atomic E-state index is 0.444. The molecule has 0 fully saturated rings. The molecular weight excluding hydrogens is 246 g/mol. The van der Waals surface area contributed by atoms with E-state index in [1.807, 2.05) is 31.4 Å². The van der Waals surface area contributed by atoms with Gasteiger partial charge in [0.15, 0.2) is 0 Å². The molecule has 1 aromatic carbocycles. The third-order valence-corrected chi connectivity index (χ3v) is 3.12. The first kappa shape index (κ1) is 13.1. The zero-order valence-electron chi connectivity index (χ0n) is 10.9. The average Bonchev–Trinajstić information content (AvgIpc) is 2.74. The highest BCUT2D eigenvalue weighted by Crippen LogP contribution is 2.24. The Morgan fingerprint density at radius 1 is 1.33 bits per heavy atom. The summed E-state index contributed by atoms with van der Waals surface area (Å²) in [5, 5.41) is 8.57. The van der Waals surface area contributed by atoms with Gasteiger partial charge in [-0.05, 0) is 23.8 Å².